The lowest BCUT2D eigenvalue weighted by Crippen LogP contribution is -2.44. The van der Waals surface area contributed by atoms with E-state index >= 15 is 0 Å². The van der Waals surface area contributed by atoms with E-state index in [4.69, 9.17) is 46.4 Å². The minimum atomic E-state index is -0.704. The summed E-state index contributed by atoms with van der Waals surface area (Å²) in [6.07, 6.45) is 4.72. The van der Waals surface area contributed by atoms with Gasteiger partial charge in [-0.05, 0) is 37.2 Å². The van der Waals surface area contributed by atoms with Crippen LogP contribution in [0.1, 0.15) is 25.7 Å². The smallest absolute Gasteiger partial charge is 0.272 e. The highest BCUT2D eigenvalue weighted by atomic mass is 35.5. The fourth-order valence-electron chi connectivity index (χ4n) is 4.88. The van der Waals surface area contributed by atoms with Crippen LogP contribution in [-0.4, -0.2) is 104 Å². The van der Waals surface area contributed by atoms with Gasteiger partial charge in [-0.2, -0.15) is 11.8 Å². The molecule has 0 saturated carbocycles. The predicted octanol–water partition coefficient (Wildman–Crippen LogP) is 1.98. The molecule has 4 rings (SSSR count). The van der Waals surface area contributed by atoms with Gasteiger partial charge in [0.2, 0.25) is 0 Å². The second kappa shape index (κ2) is 13.8. The Balaban J connectivity index is 1.36. The lowest BCUT2D eigenvalue weighted by molar-refractivity contribution is -0.142. The van der Waals surface area contributed by atoms with Crippen molar-refractivity contribution in [2.45, 2.75) is 37.8 Å². The van der Waals surface area contributed by atoms with E-state index < -0.39 is 59.3 Å². The maximum absolute atomic E-state index is 12.6. The van der Waals surface area contributed by atoms with Crippen LogP contribution in [0.4, 0.5) is 0 Å². The second-order valence-corrected chi connectivity index (χ2v) is 12.5. The third-order valence-corrected chi connectivity index (χ3v) is 9.18. The first-order valence-corrected chi connectivity index (χ1v) is 15.5. The van der Waals surface area contributed by atoms with Gasteiger partial charge in [-0.15, -0.1) is 0 Å². The maximum Gasteiger partial charge on any atom is 0.272 e. The quantitative estimate of drug-likeness (QED) is 0.197. The molecular formula is C26H22Cl4N4O8S. The van der Waals surface area contributed by atoms with Crippen LogP contribution >= 0.6 is 58.2 Å². The van der Waals surface area contributed by atoms with E-state index in [2.05, 4.69) is 0 Å². The van der Waals surface area contributed by atoms with Gasteiger partial charge in [-0.3, -0.25) is 58.0 Å². The highest BCUT2D eigenvalue weighted by Crippen LogP contribution is 2.27. The summed E-state index contributed by atoms with van der Waals surface area (Å²) in [5.41, 5.74) is 0. The third-order valence-electron chi connectivity index (χ3n) is 7.05. The molecular weight excluding hydrogens is 670 g/mol. The van der Waals surface area contributed by atoms with E-state index in [1.54, 1.807) is 0 Å². The van der Waals surface area contributed by atoms with Crippen LogP contribution in [-0.2, 0) is 38.4 Å². The zero-order valence-electron chi connectivity index (χ0n) is 22.1. The standard InChI is InChI=1S/C26H22Cl4N4O8S/c27-15-9-19(35)31(23(15)39)5-1-13(33-21(37)11-17(29)25(33)41)3-7-43-8-4-14(34-22(38)12-18(30)26(34)42)2-6-32-20(36)10-16(28)24(32)40/h9-14H,1-8H2. The van der Waals surface area contributed by atoms with Gasteiger partial charge in [-0.25, -0.2) is 0 Å². The number of carbonyl (C=O) groups is 8. The maximum atomic E-state index is 12.6. The summed E-state index contributed by atoms with van der Waals surface area (Å²) in [7, 11) is 0. The van der Waals surface area contributed by atoms with Crippen LogP contribution in [0.25, 0.3) is 0 Å². The van der Waals surface area contributed by atoms with Gasteiger partial charge in [-0.1, -0.05) is 46.4 Å². The lowest BCUT2D eigenvalue weighted by Gasteiger charge is -2.29. The first-order valence-electron chi connectivity index (χ1n) is 12.8. The average molecular weight is 692 g/mol. The lowest BCUT2D eigenvalue weighted by atomic mass is 10.1. The summed E-state index contributed by atoms with van der Waals surface area (Å²) in [5.74, 6) is -4.34. The van der Waals surface area contributed by atoms with E-state index in [1.807, 2.05) is 0 Å². The molecule has 0 spiro atoms. The molecule has 0 aromatic rings. The SMILES string of the molecule is O=C1C=C(Cl)C(=O)N1CCC(CCSCCC(CCN1C(=O)C=C(Cl)C1=O)N1C(=O)C=C(Cl)C1=O)N1C(=O)C=C(Cl)C1=O. The molecule has 0 aromatic heterocycles. The Hall–Kier alpha value is -2.97. The van der Waals surface area contributed by atoms with Gasteiger partial charge in [0.15, 0.2) is 0 Å². The first kappa shape index (κ1) is 32.9. The molecule has 0 aromatic carbocycles. The number of hydrogen-bond donors (Lipinski definition) is 0. The topological polar surface area (TPSA) is 150 Å². The van der Waals surface area contributed by atoms with Crippen LogP contribution in [0.15, 0.2) is 44.4 Å². The molecule has 2 atom stereocenters. The van der Waals surface area contributed by atoms with Crippen molar-refractivity contribution in [1.82, 2.24) is 19.6 Å². The van der Waals surface area contributed by atoms with Crippen molar-refractivity contribution in [3.63, 3.8) is 0 Å². The molecule has 2 unspecified atom stereocenters. The molecule has 17 heteroatoms. The van der Waals surface area contributed by atoms with Crippen LogP contribution in [0.3, 0.4) is 0 Å². The highest BCUT2D eigenvalue weighted by molar-refractivity contribution is 7.99. The fourth-order valence-corrected chi connectivity index (χ4v) is 6.72. The van der Waals surface area contributed by atoms with Crippen molar-refractivity contribution in [1.29, 1.82) is 0 Å². The summed E-state index contributed by atoms with van der Waals surface area (Å²) in [5, 5.41) is -0.952. The minimum Gasteiger partial charge on any atom is -0.274 e. The van der Waals surface area contributed by atoms with E-state index in [0.29, 0.717) is 11.5 Å². The second-order valence-electron chi connectivity index (χ2n) is 9.66. The van der Waals surface area contributed by atoms with Crippen molar-refractivity contribution >= 4 is 105 Å². The summed E-state index contributed by atoms with van der Waals surface area (Å²) >= 11 is 24.7. The Kier molecular flexibility index (Phi) is 10.5. The van der Waals surface area contributed by atoms with Crippen molar-refractivity contribution in [3.8, 4) is 0 Å². The van der Waals surface area contributed by atoms with Gasteiger partial charge in [0.05, 0.1) is 0 Å². The van der Waals surface area contributed by atoms with Gasteiger partial charge in [0.25, 0.3) is 47.3 Å². The van der Waals surface area contributed by atoms with E-state index in [-0.39, 0.29) is 58.9 Å². The Labute approximate surface area is 269 Å². The van der Waals surface area contributed by atoms with Crippen molar-refractivity contribution in [3.05, 3.63) is 44.4 Å². The molecule has 0 saturated heterocycles. The molecule has 0 fully saturated rings. The Bertz CT molecular complexity index is 1350. The van der Waals surface area contributed by atoms with Crippen LogP contribution in [0.2, 0.25) is 0 Å². The van der Waals surface area contributed by atoms with Crippen molar-refractivity contribution in [2.24, 2.45) is 0 Å². The molecule has 4 heterocycles. The summed E-state index contributed by atoms with van der Waals surface area (Å²) in [6, 6.07) is -1.41. The number of hydrogen-bond acceptors (Lipinski definition) is 9. The molecule has 4 aliphatic heterocycles. The zero-order valence-corrected chi connectivity index (χ0v) is 25.9. The number of amides is 8. The summed E-state index contributed by atoms with van der Waals surface area (Å²) in [4.78, 5) is 102. The molecule has 228 valence electrons. The van der Waals surface area contributed by atoms with Crippen molar-refractivity contribution < 1.29 is 38.4 Å². The zero-order chi connectivity index (χ0) is 31.6. The number of imide groups is 4. The first-order chi connectivity index (χ1) is 20.3. The monoisotopic (exact) mass is 690 g/mol. The van der Waals surface area contributed by atoms with E-state index in [0.717, 1.165) is 43.9 Å². The minimum absolute atomic E-state index is 0.0869. The average Bonchev–Trinajstić information content (AvgIpc) is 3.54. The van der Waals surface area contributed by atoms with Gasteiger partial charge in [0.1, 0.15) is 20.1 Å². The van der Waals surface area contributed by atoms with E-state index in [9.17, 15) is 38.4 Å². The van der Waals surface area contributed by atoms with Crippen LogP contribution < -0.4 is 0 Å². The molecule has 8 amide bonds. The third kappa shape index (κ3) is 7.07. The fraction of sp³-hybridized carbons (Fsp3) is 0.385. The number of rotatable bonds is 14. The molecule has 43 heavy (non-hydrogen) atoms. The van der Waals surface area contributed by atoms with Gasteiger partial charge in [0, 0.05) is 49.5 Å². The largest absolute Gasteiger partial charge is 0.274 e. The molecule has 0 bridgehead atoms. The van der Waals surface area contributed by atoms with E-state index in [1.165, 1.54) is 11.8 Å². The van der Waals surface area contributed by atoms with Gasteiger partial charge < -0.3 is 0 Å². The molecule has 0 radical (unpaired) electrons. The van der Waals surface area contributed by atoms with Crippen molar-refractivity contribution in [2.75, 3.05) is 24.6 Å². The summed E-state index contributed by atoms with van der Waals surface area (Å²) in [6.45, 7) is -0.174. The molecule has 0 N–H and O–H groups in total. The van der Waals surface area contributed by atoms with Crippen LogP contribution in [0.5, 0.6) is 0 Å². The molecule has 0 aliphatic carbocycles. The number of thioether (sulfide) groups is 1. The number of carbonyl (C=O) groups excluding carboxylic acids is 8. The van der Waals surface area contributed by atoms with Gasteiger partial charge >= 0.3 is 0 Å². The Morgan fingerprint density at radius 1 is 0.488 bits per heavy atom. The predicted molar refractivity (Wildman–Crippen MR) is 156 cm³/mol. The molecule has 12 nitrogen and oxygen atoms in total. The Morgan fingerprint density at radius 3 is 1.09 bits per heavy atom. The normalized spacial score (nSPS) is 20.6. The van der Waals surface area contributed by atoms with Crippen LogP contribution in [0, 0.1) is 0 Å². The Morgan fingerprint density at radius 2 is 0.814 bits per heavy atom. The number of halogens is 4. The summed E-state index contributed by atoms with van der Waals surface area (Å²) < 4.78 is 0. The highest BCUT2D eigenvalue weighted by Gasteiger charge is 2.39. The number of nitrogens with zero attached hydrogens (tertiary/aromatic N) is 4. The molecule has 4 aliphatic rings.